The SMILES string of the molecule is C[C@H]1[C@H](F)C[C@@H](C(=O)NCc2cc(Br)ncc2F)N1C(=O)O. The van der Waals surface area contributed by atoms with Crippen molar-refractivity contribution in [3.63, 3.8) is 0 Å². The van der Waals surface area contributed by atoms with E-state index in [1.165, 1.54) is 13.0 Å². The molecular formula is C13H14BrF2N3O3. The van der Waals surface area contributed by atoms with Crippen molar-refractivity contribution in [2.24, 2.45) is 0 Å². The lowest BCUT2D eigenvalue weighted by Gasteiger charge is -2.24. The Hall–Kier alpha value is -1.77. The highest BCUT2D eigenvalue weighted by Gasteiger charge is 2.45. The first-order chi connectivity index (χ1) is 10.3. The lowest BCUT2D eigenvalue weighted by atomic mass is 10.1. The summed E-state index contributed by atoms with van der Waals surface area (Å²) >= 11 is 3.09. The van der Waals surface area contributed by atoms with E-state index >= 15 is 0 Å². The van der Waals surface area contributed by atoms with Gasteiger partial charge in [0, 0.05) is 18.5 Å². The third-order valence-electron chi connectivity index (χ3n) is 3.62. The van der Waals surface area contributed by atoms with Crippen LogP contribution in [0.25, 0.3) is 0 Å². The van der Waals surface area contributed by atoms with E-state index in [1.54, 1.807) is 0 Å². The van der Waals surface area contributed by atoms with Gasteiger partial charge in [-0.3, -0.25) is 9.69 Å². The Bertz CT molecular complexity index is 602. The van der Waals surface area contributed by atoms with Crippen LogP contribution >= 0.6 is 15.9 Å². The molecule has 22 heavy (non-hydrogen) atoms. The summed E-state index contributed by atoms with van der Waals surface area (Å²) in [6.45, 7) is 1.27. The molecule has 2 amide bonds. The van der Waals surface area contributed by atoms with Crippen LogP contribution in [0.1, 0.15) is 18.9 Å². The fraction of sp³-hybridized carbons (Fsp3) is 0.462. The molecule has 6 nitrogen and oxygen atoms in total. The number of carboxylic acid groups (broad SMARTS) is 1. The van der Waals surface area contributed by atoms with Crippen LogP contribution in [-0.4, -0.2) is 45.2 Å². The predicted octanol–water partition coefficient (Wildman–Crippen LogP) is 2.08. The molecule has 120 valence electrons. The molecule has 3 atom stereocenters. The van der Waals surface area contributed by atoms with E-state index < -0.39 is 36.1 Å². The number of pyridine rings is 1. The van der Waals surface area contributed by atoms with Gasteiger partial charge < -0.3 is 10.4 Å². The van der Waals surface area contributed by atoms with Crippen LogP contribution in [0.5, 0.6) is 0 Å². The van der Waals surface area contributed by atoms with Gasteiger partial charge in [-0.25, -0.2) is 18.6 Å². The van der Waals surface area contributed by atoms with E-state index in [0.29, 0.717) is 4.60 Å². The van der Waals surface area contributed by atoms with Crippen LogP contribution < -0.4 is 5.32 Å². The molecule has 0 unspecified atom stereocenters. The van der Waals surface area contributed by atoms with Crippen LogP contribution in [0.4, 0.5) is 13.6 Å². The number of alkyl halides is 1. The molecule has 0 saturated carbocycles. The average Bonchev–Trinajstić information content (AvgIpc) is 2.75. The first-order valence-corrected chi connectivity index (χ1v) is 7.33. The van der Waals surface area contributed by atoms with Crippen molar-refractivity contribution < 1.29 is 23.5 Å². The Morgan fingerprint density at radius 3 is 2.91 bits per heavy atom. The number of nitrogens with one attached hydrogen (secondary N) is 1. The standard InChI is InChI=1S/C13H14BrF2N3O3/c1-6-8(15)3-10(19(6)13(21)22)12(20)18-4-7-2-11(14)17-5-9(7)16/h2,5-6,8,10H,3-4H2,1H3,(H,18,20)(H,21,22)/t6-,8+,10-/m0/s1. The minimum atomic E-state index is -1.40. The highest BCUT2D eigenvalue weighted by Crippen LogP contribution is 2.27. The van der Waals surface area contributed by atoms with Crippen LogP contribution in [0.15, 0.2) is 16.9 Å². The molecule has 0 aromatic carbocycles. The van der Waals surface area contributed by atoms with Crippen LogP contribution in [0.2, 0.25) is 0 Å². The summed E-state index contributed by atoms with van der Waals surface area (Å²) in [5, 5.41) is 11.5. The normalized spacial score (nSPS) is 24.4. The molecule has 1 aromatic heterocycles. The monoisotopic (exact) mass is 377 g/mol. The maximum Gasteiger partial charge on any atom is 0.408 e. The maximum absolute atomic E-state index is 13.7. The molecule has 0 aliphatic carbocycles. The van der Waals surface area contributed by atoms with Gasteiger partial charge in [0.05, 0.1) is 12.2 Å². The summed E-state index contributed by atoms with van der Waals surface area (Å²) in [4.78, 5) is 27.7. The number of rotatable bonds is 3. The van der Waals surface area contributed by atoms with Crippen molar-refractivity contribution in [2.75, 3.05) is 0 Å². The minimum absolute atomic E-state index is 0.138. The zero-order chi connectivity index (χ0) is 16.4. The molecule has 1 aliphatic rings. The van der Waals surface area contributed by atoms with Gasteiger partial charge in [-0.1, -0.05) is 0 Å². The van der Waals surface area contributed by atoms with E-state index in [4.69, 9.17) is 5.11 Å². The van der Waals surface area contributed by atoms with Crippen molar-refractivity contribution in [3.8, 4) is 0 Å². The first kappa shape index (κ1) is 16.6. The Kier molecular flexibility index (Phi) is 4.94. The molecule has 0 bridgehead atoms. The Morgan fingerprint density at radius 2 is 2.27 bits per heavy atom. The number of likely N-dealkylation sites (tertiary alicyclic amines) is 1. The van der Waals surface area contributed by atoms with Gasteiger partial charge in [0.15, 0.2) is 0 Å². The lowest BCUT2D eigenvalue weighted by molar-refractivity contribution is -0.125. The van der Waals surface area contributed by atoms with Crippen LogP contribution in [-0.2, 0) is 11.3 Å². The third kappa shape index (κ3) is 3.34. The fourth-order valence-corrected chi connectivity index (χ4v) is 2.79. The van der Waals surface area contributed by atoms with E-state index in [1.807, 2.05) is 0 Å². The topological polar surface area (TPSA) is 82.5 Å². The van der Waals surface area contributed by atoms with Crippen LogP contribution in [0.3, 0.4) is 0 Å². The number of hydrogen-bond acceptors (Lipinski definition) is 3. The van der Waals surface area contributed by atoms with Crippen molar-refractivity contribution in [1.82, 2.24) is 15.2 Å². The highest BCUT2D eigenvalue weighted by molar-refractivity contribution is 9.10. The summed E-state index contributed by atoms with van der Waals surface area (Å²) in [6.07, 6.45) is -1.96. The number of aromatic nitrogens is 1. The molecule has 0 radical (unpaired) electrons. The smallest absolute Gasteiger partial charge is 0.408 e. The zero-order valence-electron chi connectivity index (χ0n) is 11.6. The largest absolute Gasteiger partial charge is 0.465 e. The summed E-state index contributed by atoms with van der Waals surface area (Å²) in [6, 6.07) is -0.601. The second-order valence-corrected chi connectivity index (χ2v) is 5.83. The summed E-state index contributed by atoms with van der Waals surface area (Å²) < 4.78 is 27.6. The quantitative estimate of drug-likeness (QED) is 0.790. The van der Waals surface area contributed by atoms with E-state index in [0.717, 1.165) is 11.1 Å². The van der Waals surface area contributed by atoms with Crippen molar-refractivity contribution in [2.45, 2.75) is 38.1 Å². The maximum atomic E-state index is 13.7. The molecule has 0 spiro atoms. The second-order valence-electron chi connectivity index (χ2n) is 5.01. The van der Waals surface area contributed by atoms with Gasteiger partial charge in [-0.05, 0) is 28.9 Å². The highest BCUT2D eigenvalue weighted by atomic mass is 79.9. The number of amides is 2. The molecule has 1 aliphatic heterocycles. The minimum Gasteiger partial charge on any atom is -0.465 e. The number of carbonyl (C=O) groups excluding carboxylic acids is 1. The molecule has 1 aromatic rings. The fourth-order valence-electron chi connectivity index (χ4n) is 2.41. The van der Waals surface area contributed by atoms with Gasteiger partial charge in [0.2, 0.25) is 5.91 Å². The number of nitrogens with zero attached hydrogens (tertiary/aromatic N) is 2. The van der Waals surface area contributed by atoms with E-state index in [-0.39, 0.29) is 18.5 Å². The molecule has 2 N–H and O–H groups in total. The molecule has 1 fully saturated rings. The molecule has 2 rings (SSSR count). The molecule has 9 heteroatoms. The summed E-state index contributed by atoms with van der Waals surface area (Å²) in [5.74, 6) is -1.25. The lowest BCUT2D eigenvalue weighted by Crippen LogP contribution is -2.47. The van der Waals surface area contributed by atoms with E-state index in [2.05, 4.69) is 26.2 Å². The van der Waals surface area contributed by atoms with E-state index in [9.17, 15) is 18.4 Å². The van der Waals surface area contributed by atoms with Gasteiger partial charge in [-0.15, -0.1) is 0 Å². The van der Waals surface area contributed by atoms with Gasteiger partial charge in [0.1, 0.15) is 22.6 Å². The molecule has 1 saturated heterocycles. The Labute approximate surface area is 133 Å². The van der Waals surface area contributed by atoms with Crippen molar-refractivity contribution >= 4 is 27.9 Å². The number of carbonyl (C=O) groups is 2. The van der Waals surface area contributed by atoms with Crippen LogP contribution in [0, 0.1) is 5.82 Å². The Morgan fingerprint density at radius 1 is 1.59 bits per heavy atom. The summed E-state index contributed by atoms with van der Waals surface area (Å²) in [5.41, 5.74) is 0.194. The Balaban J connectivity index is 2.05. The van der Waals surface area contributed by atoms with Crippen molar-refractivity contribution in [1.29, 1.82) is 0 Å². The number of hydrogen-bond donors (Lipinski definition) is 2. The van der Waals surface area contributed by atoms with Gasteiger partial charge >= 0.3 is 6.09 Å². The average molecular weight is 378 g/mol. The first-order valence-electron chi connectivity index (χ1n) is 6.54. The van der Waals surface area contributed by atoms with Crippen molar-refractivity contribution in [3.05, 3.63) is 28.2 Å². The molecule has 2 heterocycles. The summed E-state index contributed by atoms with van der Waals surface area (Å²) in [7, 11) is 0. The predicted molar refractivity (Wildman–Crippen MR) is 76.4 cm³/mol. The second kappa shape index (κ2) is 6.55. The molecular weight excluding hydrogens is 364 g/mol. The van der Waals surface area contributed by atoms with Gasteiger partial charge in [0.25, 0.3) is 0 Å². The number of halogens is 3. The van der Waals surface area contributed by atoms with Gasteiger partial charge in [-0.2, -0.15) is 0 Å². The zero-order valence-corrected chi connectivity index (χ0v) is 13.2. The third-order valence-corrected chi connectivity index (χ3v) is 4.06.